The molecule has 1 amide bonds. The van der Waals surface area contributed by atoms with Crippen LogP contribution in [0.1, 0.15) is 36.8 Å². The first kappa shape index (κ1) is 17.2. The van der Waals surface area contributed by atoms with Crippen molar-refractivity contribution in [1.82, 2.24) is 15.1 Å². The van der Waals surface area contributed by atoms with Crippen LogP contribution in [0.2, 0.25) is 0 Å². The molecule has 2 aromatic rings. The Kier molecular flexibility index (Phi) is 5.48. The van der Waals surface area contributed by atoms with Gasteiger partial charge in [0.05, 0.1) is 12.5 Å². The Hall–Kier alpha value is -2.63. The van der Waals surface area contributed by atoms with Crippen molar-refractivity contribution in [3.63, 3.8) is 0 Å². The highest BCUT2D eigenvalue weighted by molar-refractivity contribution is 5.79. The van der Waals surface area contributed by atoms with Crippen LogP contribution in [0.4, 0.5) is 0 Å². The number of amides is 1. The van der Waals surface area contributed by atoms with Gasteiger partial charge in [0.1, 0.15) is 0 Å². The smallest absolute Gasteiger partial charge is 0.306 e. The van der Waals surface area contributed by atoms with Crippen molar-refractivity contribution in [2.45, 2.75) is 38.8 Å². The maximum atomic E-state index is 12.4. The lowest BCUT2D eigenvalue weighted by Gasteiger charge is -2.25. The first-order chi connectivity index (χ1) is 12.1. The van der Waals surface area contributed by atoms with Gasteiger partial charge in [0.25, 0.3) is 0 Å². The molecule has 0 atom stereocenters. The number of carbonyl (C=O) groups is 2. The number of carboxylic acids is 1. The average molecular weight is 341 g/mol. The number of aliphatic carboxylic acids is 1. The van der Waals surface area contributed by atoms with Gasteiger partial charge < -0.3 is 10.4 Å². The van der Waals surface area contributed by atoms with Crippen molar-refractivity contribution in [3.05, 3.63) is 53.9 Å². The van der Waals surface area contributed by atoms with E-state index in [-0.39, 0.29) is 17.7 Å². The monoisotopic (exact) mass is 341 g/mol. The van der Waals surface area contributed by atoms with Crippen LogP contribution < -0.4 is 5.32 Å². The molecule has 6 nitrogen and oxygen atoms in total. The Bertz CT molecular complexity index is 719. The normalized spacial score (nSPS) is 20.2. The number of carboxylic acid groups (broad SMARTS) is 1. The zero-order valence-electron chi connectivity index (χ0n) is 14.1. The van der Waals surface area contributed by atoms with Crippen LogP contribution in [0.5, 0.6) is 0 Å². The number of nitrogens with zero attached hydrogens (tertiary/aromatic N) is 2. The average Bonchev–Trinajstić information content (AvgIpc) is 3.14. The topological polar surface area (TPSA) is 84.2 Å². The second-order valence-electron chi connectivity index (χ2n) is 6.58. The van der Waals surface area contributed by atoms with Gasteiger partial charge in [-0.15, -0.1) is 0 Å². The van der Waals surface area contributed by atoms with Crippen molar-refractivity contribution in [1.29, 1.82) is 0 Å². The summed E-state index contributed by atoms with van der Waals surface area (Å²) in [7, 11) is 0. The maximum Gasteiger partial charge on any atom is 0.306 e. The van der Waals surface area contributed by atoms with Gasteiger partial charge in [0.15, 0.2) is 0 Å². The molecule has 2 N–H and O–H groups in total. The third kappa shape index (κ3) is 4.47. The summed E-state index contributed by atoms with van der Waals surface area (Å²) in [5.41, 5.74) is 2.20. The van der Waals surface area contributed by atoms with Crippen LogP contribution in [0, 0.1) is 11.8 Å². The van der Waals surface area contributed by atoms with Gasteiger partial charge in [0, 0.05) is 24.9 Å². The molecule has 1 aliphatic rings. The van der Waals surface area contributed by atoms with Gasteiger partial charge in [0.2, 0.25) is 5.91 Å². The lowest BCUT2D eigenvalue weighted by Crippen LogP contribution is -2.34. The fraction of sp³-hybridized carbons (Fsp3) is 0.421. The molecular formula is C19H23N3O3. The van der Waals surface area contributed by atoms with E-state index >= 15 is 0 Å². The molecule has 0 aliphatic heterocycles. The van der Waals surface area contributed by atoms with Crippen molar-refractivity contribution >= 4 is 11.9 Å². The van der Waals surface area contributed by atoms with Crippen LogP contribution in [0.15, 0.2) is 42.7 Å². The van der Waals surface area contributed by atoms with Crippen molar-refractivity contribution in [2.24, 2.45) is 11.8 Å². The molecule has 0 spiro atoms. The zero-order chi connectivity index (χ0) is 17.6. The number of benzene rings is 1. The van der Waals surface area contributed by atoms with E-state index in [2.05, 4.69) is 10.4 Å². The Morgan fingerprint density at radius 2 is 1.76 bits per heavy atom. The lowest BCUT2D eigenvalue weighted by molar-refractivity contribution is -0.144. The molecule has 3 rings (SSSR count). The molecule has 0 radical (unpaired) electrons. The van der Waals surface area contributed by atoms with E-state index < -0.39 is 5.97 Å². The van der Waals surface area contributed by atoms with E-state index in [9.17, 15) is 9.59 Å². The first-order valence-corrected chi connectivity index (χ1v) is 8.68. The van der Waals surface area contributed by atoms with E-state index in [1.165, 1.54) is 0 Å². The summed E-state index contributed by atoms with van der Waals surface area (Å²) >= 11 is 0. The molecule has 0 unspecified atom stereocenters. The fourth-order valence-electron chi connectivity index (χ4n) is 3.38. The summed E-state index contributed by atoms with van der Waals surface area (Å²) in [6, 6.07) is 9.89. The highest BCUT2D eigenvalue weighted by atomic mass is 16.4. The van der Waals surface area contributed by atoms with Crippen LogP contribution in [-0.4, -0.2) is 26.8 Å². The molecule has 1 aliphatic carbocycles. The maximum absolute atomic E-state index is 12.4. The molecule has 6 heteroatoms. The Balaban J connectivity index is 1.55. The Morgan fingerprint density at radius 1 is 1.08 bits per heavy atom. The van der Waals surface area contributed by atoms with E-state index in [4.69, 9.17) is 5.11 Å². The second-order valence-corrected chi connectivity index (χ2v) is 6.58. The predicted molar refractivity (Wildman–Crippen MR) is 92.7 cm³/mol. The van der Waals surface area contributed by atoms with Crippen LogP contribution in [-0.2, 0) is 22.7 Å². The number of rotatable bonds is 6. The summed E-state index contributed by atoms with van der Waals surface area (Å²) < 4.78 is 1.85. The van der Waals surface area contributed by atoms with Crippen LogP contribution >= 0.6 is 0 Å². The highest BCUT2D eigenvalue weighted by Crippen LogP contribution is 2.29. The third-order valence-electron chi connectivity index (χ3n) is 4.91. The van der Waals surface area contributed by atoms with Crippen LogP contribution in [0.25, 0.3) is 0 Å². The van der Waals surface area contributed by atoms with Gasteiger partial charge in [-0.05, 0) is 42.9 Å². The van der Waals surface area contributed by atoms with Gasteiger partial charge in [-0.1, -0.05) is 24.3 Å². The van der Waals surface area contributed by atoms with Gasteiger partial charge in [-0.2, -0.15) is 5.10 Å². The van der Waals surface area contributed by atoms with Gasteiger partial charge in [-0.25, -0.2) is 0 Å². The molecule has 0 bridgehead atoms. The predicted octanol–water partition coefficient (Wildman–Crippen LogP) is 2.44. The zero-order valence-corrected chi connectivity index (χ0v) is 14.1. The van der Waals surface area contributed by atoms with Gasteiger partial charge in [-0.3, -0.25) is 14.3 Å². The third-order valence-corrected chi connectivity index (χ3v) is 4.91. The minimum atomic E-state index is -0.744. The first-order valence-electron chi connectivity index (χ1n) is 8.68. The lowest BCUT2D eigenvalue weighted by atomic mass is 9.81. The Labute approximate surface area is 146 Å². The molecule has 1 aromatic carbocycles. The minimum absolute atomic E-state index is 0.0257. The number of nitrogens with one attached hydrogen (secondary N) is 1. The molecule has 0 saturated heterocycles. The number of hydrogen-bond acceptors (Lipinski definition) is 3. The summed E-state index contributed by atoms with van der Waals surface area (Å²) in [6.07, 6.45) is 6.14. The van der Waals surface area contributed by atoms with Crippen molar-refractivity contribution in [2.75, 3.05) is 0 Å². The quantitative estimate of drug-likeness (QED) is 0.845. The summed E-state index contributed by atoms with van der Waals surface area (Å²) in [5.74, 6) is -1.09. The van der Waals surface area contributed by atoms with E-state index in [1.807, 2.05) is 41.2 Å². The standard InChI is InChI=1S/C19H23N3O3/c23-18(14-6-8-15(9-7-14)19(24)25)20-12-16-4-1-2-5-17(16)13-22-11-3-10-21-22/h1-5,10-11,14-15H,6-9,12-13H2,(H,20,23)(H,24,25). The van der Waals surface area contributed by atoms with E-state index in [1.54, 1.807) is 6.20 Å². The fourth-order valence-corrected chi connectivity index (χ4v) is 3.38. The summed E-state index contributed by atoms with van der Waals surface area (Å²) in [5, 5.41) is 16.3. The van der Waals surface area contributed by atoms with Gasteiger partial charge >= 0.3 is 5.97 Å². The molecule has 1 heterocycles. The molecule has 132 valence electrons. The number of hydrogen-bond donors (Lipinski definition) is 2. The van der Waals surface area contributed by atoms with Crippen molar-refractivity contribution < 1.29 is 14.7 Å². The number of aromatic nitrogens is 2. The van der Waals surface area contributed by atoms with Crippen LogP contribution in [0.3, 0.4) is 0 Å². The summed E-state index contributed by atoms with van der Waals surface area (Å²) in [4.78, 5) is 23.4. The molecule has 1 fully saturated rings. The SMILES string of the molecule is O=C(O)C1CCC(C(=O)NCc2ccccc2Cn2cccn2)CC1. The second kappa shape index (κ2) is 7.96. The highest BCUT2D eigenvalue weighted by Gasteiger charge is 2.29. The largest absolute Gasteiger partial charge is 0.481 e. The minimum Gasteiger partial charge on any atom is -0.481 e. The molecule has 1 saturated carbocycles. The molecular weight excluding hydrogens is 318 g/mol. The van der Waals surface area contributed by atoms with Crippen molar-refractivity contribution in [3.8, 4) is 0 Å². The van der Waals surface area contributed by atoms with E-state index in [0.717, 1.165) is 11.1 Å². The number of carbonyl (C=O) groups excluding carboxylic acids is 1. The molecule has 1 aromatic heterocycles. The van der Waals surface area contributed by atoms with E-state index in [0.29, 0.717) is 38.8 Å². The Morgan fingerprint density at radius 3 is 2.40 bits per heavy atom. The summed E-state index contributed by atoms with van der Waals surface area (Å²) in [6.45, 7) is 1.15. The molecule has 25 heavy (non-hydrogen) atoms.